The average Bonchev–Trinajstić information content (AvgIpc) is 2.61. The van der Waals surface area contributed by atoms with Gasteiger partial charge in [0.05, 0.1) is 6.33 Å². The number of nitrogens with zero attached hydrogens (tertiary/aromatic N) is 2. The normalized spacial score (nSPS) is 15.8. The Kier molecular flexibility index (Phi) is 2.25. The molecule has 3 heteroatoms. The predicted molar refractivity (Wildman–Crippen MR) is 50.4 cm³/mol. The Bertz CT molecular complexity index is 379. The minimum atomic E-state index is 0.0304. The lowest BCUT2D eigenvalue weighted by molar-refractivity contribution is 0.704. The van der Waals surface area contributed by atoms with Crippen LogP contribution >= 0.6 is 0 Å². The molecule has 2 rings (SSSR count). The standard InChI is InChI=1S/C10H12N2O/c13-10-5-6-11-8-12(10)7-9-3-1-2-4-9/h3,5-6,8H,1-2,4,7H2. The van der Waals surface area contributed by atoms with E-state index in [1.165, 1.54) is 24.3 Å². The van der Waals surface area contributed by atoms with Gasteiger partial charge in [-0.25, -0.2) is 4.98 Å². The van der Waals surface area contributed by atoms with E-state index in [0.717, 1.165) is 12.8 Å². The number of rotatable bonds is 2. The van der Waals surface area contributed by atoms with Crippen molar-refractivity contribution in [2.75, 3.05) is 0 Å². The highest BCUT2D eigenvalue weighted by atomic mass is 16.1. The maximum absolute atomic E-state index is 11.3. The third kappa shape index (κ3) is 1.86. The van der Waals surface area contributed by atoms with Gasteiger partial charge in [0, 0.05) is 18.8 Å². The minimum Gasteiger partial charge on any atom is -0.295 e. The van der Waals surface area contributed by atoms with Gasteiger partial charge >= 0.3 is 0 Å². The Balaban J connectivity index is 2.18. The molecule has 1 aromatic rings. The summed E-state index contributed by atoms with van der Waals surface area (Å²) in [5.74, 6) is 0. The number of aromatic nitrogens is 2. The van der Waals surface area contributed by atoms with Crippen molar-refractivity contribution in [3.05, 3.63) is 40.6 Å². The molecule has 0 atom stereocenters. The van der Waals surface area contributed by atoms with Crippen LogP contribution in [0.15, 0.2) is 35.0 Å². The van der Waals surface area contributed by atoms with Gasteiger partial charge in [0.25, 0.3) is 5.56 Å². The summed E-state index contributed by atoms with van der Waals surface area (Å²) in [6.07, 6.45) is 8.86. The van der Waals surface area contributed by atoms with Crippen molar-refractivity contribution >= 4 is 0 Å². The van der Waals surface area contributed by atoms with Crippen LogP contribution in [0.1, 0.15) is 19.3 Å². The first-order valence-electron chi connectivity index (χ1n) is 4.54. The van der Waals surface area contributed by atoms with Crippen molar-refractivity contribution in [3.63, 3.8) is 0 Å². The molecule has 0 bridgehead atoms. The van der Waals surface area contributed by atoms with E-state index in [2.05, 4.69) is 11.1 Å². The first-order chi connectivity index (χ1) is 6.36. The second-order valence-electron chi connectivity index (χ2n) is 3.30. The summed E-state index contributed by atoms with van der Waals surface area (Å²) >= 11 is 0. The van der Waals surface area contributed by atoms with Crippen molar-refractivity contribution in [1.82, 2.24) is 9.55 Å². The SMILES string of the molecule is O=c1ccncn1CC1=CCCC1. The Morgan fingerprint density at radius 3 is 3.15 bits per heavy atom. The van der Waals surface area contributed by atoms with Crippen LogP contribution in [0, 0.1) is 0 Å². The molecule has 68 valence electrons. The van der Waals surface area contributed by atoms with Crippen LogP contribution in [0.2, 0.25) is 0 Å². The summed E-state index contributed by atoms with van der Waals surface area (Å²) in [5.41, 5.74) is 1.39. The van der Waals surface area contributed by atoms with Gasteiger partial charge in [-0.2, -0.15) is 0 Å². The zero-order valence-corrected chi connectivity index (χ0v) is 7.44. The lowest BCUT2D eigenvalue weighted by Gasteiger charge is -2.03. The summed E-state index contributed by atoms with van der Waals surface area (Å²) in [6.45, 7) is 0.715. The first kappa shape index (κ1) is 8.23. The molecule has 0 saturated heterocycles. The molecule has 0 unspecified atom stereocenters. The summed E-state index contributed by atoms with van der Waals surface area (Å²) < 4.78 is 1.65. The molecular weight excluding hydrogens is 164 g/mol. The van der Waals surface area contributed by atoms with Crippen molar-refractivity contribution in [2.45, 2.75) is 25.8 Å². The van der Waals surface area contributed by atoms with Crippen LogP contribution in [0.25, 0.3) is 0 Å². The molecule has 1 aromatic heterocycles. The van der Waals surface area contributed by atoms with Gasteiger partial charge in [-0.05, 0) is 19.3 Å². The summed E-state index contributed by atoms with van der Waals surface area (Å²) in [4.78, 5) is 15.2. The lowest BCUT2D eigenvalue weighted by atomic mass is 10.2. The van der Waals surface area contributed by atoms with E-state index >= 15 is 0 Å². The number of hydrogen-bond donors (Lipinski definition) is 0. The molecule has 0 amide bonds. The van der Waals surface area contributed by atoms with Gasteiger partial charge in [-0.1, -0.05) is 11.6 Å². The smallest absolute Gasteiger partial charge is 0.253 e. The molecule has 0 radical (unpaired) electrons. The van der Waals surface area contributed by atoms with Crippen LogP contribution < -0.4 is 5.56 Å². The summed E-state index contributed by atoms with van der Waals surface area (Å²) in [6, 6.07) is 1.50. The maximum atomic E-state index is 11.3. The molecule has 1 aliphatic carbocycles. The molecule has 0 spiro atoms. The van der Waals surface area contributed by atoms with E-state index in [4.69, 9.17) is 0 Å². The van der Waals surface area contributed by atoms with Crippen molar-refractivity contribution in [1.29, 1.82) is 0 Å². The van der Waals surface area contributed by atoms with E-state index in [1.54, 1.807) is 10.9 Å². The van der Waals surface area contributed by atoms with Gasteiger partial charge in [0.1, 0.15) is 0 Å². The number of hydrogen-bond acceptors (Lipinski definition) is 2. The highest BCUT2D eigenvalue weighted by molar-refractivity contribution is 5.07. The Morgan fingerprint density at radius 2 is 2.46 bits per heavy atom. The first-order valence-corrected chi connectivity index (χ1v) is 4.54. The fraction of sp³-hybridized carbons (Fsp3) is 0.400. The molecule has 0 aliphatic heterocycles. The molecule has 0 fully saturated rings. The fourth-order valence-corrected chi connectivity index (χ4v) is 1.60. The van der Waals surface area contributed by atoms with E-state index in [-0.39, 0.29) is 5.56 Å². The van der Waals surface area contributed by atoms with Crippen molar-refractivity contribution in [3.8, 4) is 0 Å². The zero-order chi connectivity index (χ0) is 9.10. The van der Waals surface area contributed by atoms with Crippen LogP contribution in [0.4, 0.5) is 0 Å². The van der Waals surface area contributed by atoms with Gasteiger partial charge in [-0.15, -0.1) is 0 Å². The predicted octanol–water partition coefficient (Wildman–Crippen LogP) is 1.35. The van der Waals surface area contributed by atoms with Crippen molar-refractivity contribution in [2.24, 2.45) is 0 Å². The third-order valence-electron chi connectivity index (χ3n) is 2.30. The minimum absolute atomic E-state index is 0.0304. The largest absolute Gasteiger partial charge is 0.295 e. The van der Waals surface area contributed by atoms with Crippen LogP contribution in [0.3, 0.4) is 0 Å². The van der Waals surface area contributed by atoms with E-state index in [0.29, 0.717) is 6.54 Å². The summed E-state index contributed by atoms with van der Waals surface area (Å²) in [7, 11) is 0. The Labute approximate surface area is 76.7 Å². The van der Waals surface area contributed by atoms with Gasteiger partial charge < -0.3 is 0 Å². The second-order valence-corrected chi connectivity index (χ2v) is 3.30. The third-order valence-corrected chi connectivity index (χ3v) is 2.30. The molecule has 1 heterocycles. The van der Waals surface area contributed by atoms with Gasteiger partial charge in [0.15, 0.2) is 0 Å². The molecule has 0 N–H and O–H groups in total. The fourth-order valence-electron chi connectivity index (χ4n) is 1.60. The number of allylic oxidation sites excluding steroid dienone is 2. The van der Waals surface area contributed by atoms with E-state index in [9.17, 15) is 4.79 Å². The quantitative estimate of drug-likeness (QED) is 0.637. The topological polar surface area (TPSA) is 34.9 Å². The highest BCUT2D eigenvalue weighted by Gasteiger charge is 2.05. The Hall–Kier alpha value is -1.38. The van der Waals surface area contributed by atoms with Crippen LogP contribution in [-0.4, -0.2) is 9.55 Å². The highest BCUT2D eigenvalue weighted by Crippen LogP contribution is 2.18. The molecular formula is C10H12N2O. The van der Waals surface area contributed by atoms with Crippen LogP contribution in [0.5, 0.6) is 0 Å². The molecule has 1 aliphatic rings. The second kappa shape index (κ2) is 3.56. The lowest BCUT2D eigenvalue weighted by Crippen LogP contribution is -2.19. The molecule has 0 saturated carbocycles. The van der Waals surface area contributed by atoms with Crippen LogP contribution in [-0.2, 0) is 6.54 Å². The molecule has 3 nitrogen and oxygen atoms in total. The zero-order valence-electron chi connectivity index (χ0n) is 7.44. The molecule has 13 heavy (non-hydrogen) atoms. The Morgan fingerprint density at radius 1 is 1.54 bits per heavy atom. The van der Waals surface area contributed by atoms with Gasteiger partial charge in [0.2, 0.25) is 0 Å². The maximum Gasteiger partial charge on any atom is 0.253 e. The monoisotopic (exact) mass is 176 g/mol. The molecule has 0 aromatic carbocycles. The van der Waals surface area contributed by atoms with Gasteiger partial charge in [-0.3, -0.25) is 9.36 Å². The van der Waals surface area contributed by atoms with E-state index < -0.39 is 0 Å². The van der Waals surface area contributed by atoms with Crippen molar-refractivity contribution < 1.29 is 0 Å². The summed E-state index contributed by atoms with van der Waals surface area (Å²) in [5, 5.41) is 0. The van der Waals surface area contributed by atoms with E-state index in [1.807, 2.05) is 0 Å². The average molecular weight is 176 g/mol.